The molecule has 0 atom stereocenters. The minimum absolute atomic E-state index is 0.305. The second kappa shape index (κ2) is 6.23. The number of carbonyl (C=O) groups excluding carboxylic acids is 1. The number of halogens is 1. The molecule has 0 saturated heterocycles. The molecule has 0 fully saturated rings. The fourth-order valence-electron chi connectivity index (χ4n) is 2.29. The van der Waals surface area contributed by atoms with Gasteiger partial charge in [0.05, 0.1) is 0 Å². The predicted molar refractivity (Wildman–Crippen MR) is 87.8 cm³/mol. The van der Waals surface area contributed by atoms with E-state index in [1.54, 1.807) is 11.8 Å². The van der Waals surface area contributed by atoms with Gasteiger partial charge in [-0.15, -0.1) is 0 Å². The third-order valence-electron chi connectivity index (χ3n) is 3.30. The van der Waals surface area contributed by atoms with E-state index in [1.165, 1.54) is 24.3 Å². The van der Waals surface area contributed by atoms with Gasteiger partial charge < -0.3 is 9.73 Å². The minimum Gasteiger partial charge on any atom is -0.451 e. The van der Waals surface area contributed by atoms with Gasteiger partial charge in [0.15, 0.2) is 5.76 Å². The second-order valence-corrected chi connectivity index (χ2v) is 5.67. The Morgan fingerprint density at radius 3 is 2.64 bits per heavy atom. The van der Waals surface area contributed by atoms with Crippen molar-refractivity contribution >= 4 is 34.3 Å². The van der Waals surface area contributed by atoms with Crippen LogP contribution in [0.2, 0.25) is 0 Å². The summed E-state index contributed by atoms with van der Waals surface area (Å²) in [7, 11) is 0. The standard InChI is InChI=1S/C17H14FNO2S/c1-22-10-14-13-4-2-3-5-15(13)21-16(14)17(20)19-12-8-6-11(18)7-9-12/h2-9H,10H2,1H3,(H,19,20). The van der Waals surface area contributed by atoms with Gasteiger partial charge in [-0.3, -0.25) is 4.79 Å². The summed E-state index contributed by atoms with van der Waals surface area (Å²) in [6, 6.07) is 13.2. The highest BCUT2D eigenvalue weighted by Gasteiger charge is 2.20. The van der Waals surface area contributed by atoms with Crippen LogP contribution in [0.5, 0.6) is 0 Å². The molecule has 0 spiro atoms. The van der Waals surface area contributed by atoms with E-state index < -0.39 is 0 Å². The van der Waals surface area contributed by atoms with E-state index in [2.05, 4.69) is 5.32 Å². The summed E-state index contributed by atoms with van der Waals surface area (Å²) in [6.07, 6.45) is 1.98. The molecule has 2 aromatic carbocycles. The van der Waals surface area contributed by atoms with Crippen molar-refractivity contribution in [2.45, 2.75) is 5.75 Å². The van der Waals surface area contributed by atoms with Crippen molar-refractivity contribution in [3.05, 3.63) is 65.7 Å². The summed E-state index contributed by atoms with van der Waals surface area (Å²) in [6.45, 7) is 0. The summed E-state index contributed by atoms with van der Waals surface area (Å²) in [5.74, 6) is 0.319. The number of rotatable bonds is 4. The van der Waals surface area contributed by atoms with Crippen LogP contribution in [0.15, 0.2) is 52.9 Å². The summed E-state index contributed by atoms with van der Waals surface area (Å²) in [5, 5.41) is 3.68. The van der Waals surface area contributed by atoms with Gasteiger partial charge >= 0.3 is 0 Å². The topological polar surface area (TPSA) is 42.2 Å². The number of para-hydroxylation sites is 1. The molecule has 3 nitrogen and oxygen atoms in total. The Morgan fingerprint density at radius 1 is 1.18 bits per heavy atom. The van der Waals surface area contributed by atoms with Crippen molar-refractivity contribution in [3.8, 4) is 0 Å². The van der Waals surface area contributed by atoms with Crippen LogP contribution in [0.4, 0.5) is 10.1 Å². The number of benzene rings is 2. The lowest BCUT2D eigenvalue weighted by Gasteiger charge is -2.04. The number of fused-ring (bicyclic) bond motifs is 1. The Hall–Kier alpha value is -2.27. The van der Waals surface area contributed by atoms with Crippen molar-refractivity contribution in [2.75, 3.05) is 11.6 Å². The number of nitrogens with one attached hydrogen (secondary N) is 1. The molecule has 3 rings (SSSR count). The number of thioether (sulfide) groups is 1. The van der Waals surface area contributed by atoms with Crippen molar-refractivity contribution in [1.82, 2.24) is 0 Å². The first-order valence-corrected chi connectivity index (χ1v) is 8.14. The van der Waals surface area contributed by atoms with Crippen LogP contribution in [-0.2, 0) is 5.75 Å². The van der Waals surface area contributed by atoms with Gasteiger partial charge in [-0.25, -0.2) is 4.39 Å². The monoisotopic (exact) mass is 315 g/mol. The lowest BCUT2D eigenvalue weighted by Crippen LogP contribution is -2.12. The lowest BCUT2D eigenvalue weighted by atomic mass is 10.1. The average molecular weight is 315 g/mol. The van der Waals surface area contributed by atoms with Gasteiger partial charge in [0.1, 0.15) is 11.4 Å². The molecular formula is C17H14FNO2S. The Labute approximate surface area is 131 Å². The maximum atomic E-state index is 12.9. The van der Waals surface area contributed by atoms with Crippen LogP contribution in [0, 0.1) is 5.82 Å². The molecule has 0 aliphatic rings. The normalized spacial score (nSPS) is 10.8. The first-order valence-electron chi connectivity index (χ1n) is 6.75. The molecule has 1 heterocycles. The number of hydrogen-bond donors (Lipinski definition) is 1. The van der Waals surface area contributed by atoms with E-state index in [1.807, 2.05) is 30.5 Å². The largest absolute Gasteiger partial charge is 0.451 e. The van der Waals surface area contributed by atoms with Gasteiger partial charge in [-0.1, -0.05) is 18.2 Å². The summed E-state index contributed by atoms with van der Waals surface area (Å²) in [4.78, 5) is 12.5. The van der Waals surface area contributed by atoms with E-state index in [0.717, 1.165) is 10.9 Å². The fourth-order valence-corrected chi connectivity index (χ4v) is 2.87. The van der Waals surface area contributed by atoms with Gasteiger partial charge in [-0.2, -0.15) is 11.8 Å². The fraction of sp³-hybridized carbons (Fsp3) is 0.118. The van der Waals surface area contributed by atoms with E-state index in [4.69, 9.17) is 4.42 Å². The van der Waals surface area contributed by atoms with Gasteiger partial charge in [0.2, 0.25) is 0 Å². The number of hydrogen-bond acceptors (Lipinski definition) is 3. The van der Waals surface area contributed by atoms with Crippen molar-refractivity contribution in [1.29, 1.82) is 0 Å². The average Bonchev–Trinajstić information content (AvgIpc) is 2.89. The zero-order chi connectivity index (χ0) is 15.5. The van der Waals surface area contributed by atoms with Crippen LogP contribution >= 0.6 is 11.8 Å². The van der Waals surface area contributed by atoms with Gasteiger partial charge in [0.25, 0.3) is 5.91 Å². The first kappa shape index (κ1) is 14.7. The molecular weight excluding hydrogens is 301 g/mol. The van der Waals surface area contributed by atoms with Gasteiger partial charge in [-0.05, 0) is 36.6 Å². The first-order chi connectivity index (χ1) is 10.7. The highest BCUT2D eigenvalue weighted by atomic mass is 32.2. The molecule has 22 heavy (non-hydrogen) atoms. The van der Waals surface area contributed by atoms with E-state index >= 15 is 0 Å². The van der Waals surface area contributed by atoms with Crippen LogP contribution in [0.1, 0.15) is 16.1 Å². The maximum Gasteiger partial charge on any atom is 0.291 e. The molecule has 0 radical (unpaired) electrons. The number of anilines is 1. The molecule has 1 aromatic heterocycles. The Balaban J connectivity index is 1.96. The summed E-state index contributed by atoms with van der Waals surface area (Å²) >= 11 is 1.62. The molecule has 0 aliphatic carbocycles. The number of amides is 1. The van der Waals surface area contributed by atoms with Crippen LogP contribution in [0.25, 0.3) is 11.0 Å². The third-order valence-corrected chi connectivity index (χ3v) is 3.87. The van der Waals surface area contributed by atoms with Crippen molar-refractivity contribution in [2.24, 2.45) is 0 Å². The molecule has 112 valence electrons. The number of carbonyl (C=O) groups is 1. The zero-order valence-electron chi connectivity index (χ0n) is 11.9. The third kappa shape index (κ3) is 2.85. The van der Waals surface area contributed by atoms with Crippen LogP contribution in [-0.4, -0.2) is 12.2 Å². The van der Waals surface area contributed by atoms with Gasteiger partial charge in [0, 0.05) is 22.4 Å². The quantitative estimate of drug-likeness (QED) is 0.759. The van der Waals surface area contributed by atoms with E-state index in [0.29, 0.717) is 22.8 Å². The van der Waals surface area contributed by atoms with Crippen LogP contribution in [0.3, 0.4) is 0 Å². The molecule has 0 saturated carbocycles. The molecule has 0 aliphatic heterocycles. The molecule has 5 heteroatoms. The maximum absolute atomic E-state index is 12.9. The smallest absolute Gasteiger partial charge is 0.291 e. The molecule has 1 amide bonds. The molecule has 1 N–H and O–H groups in total. The molecule has 0 unspecified atom stereocenters. The Bertz CT molecular complexity index is 811. The summed E-state index contributed by atoms with van der Waals surface area (Å²) < 4.78 is 18.6. The Kier molecular flexibility index (Phi) is 4.15. The van der Waals surface area contributed by atoms with Crippen molar-refractivity contribution < 1.29 is 13.6 Å². The van der Waals surface area contributed by atoms with Crippen LogP contribution < -0.4 is 5.32 Å². The Morgan fingerprint density at radius 2 is 1.91 bits per heavy atom. The van der Waals surface area contributed by atoms with E-state index in [-0.39, 0.29) is 11.7 Å². The highest BCUT2D eigenvalue weighted by molar-refractivity contribution is 7.97. The zero-order valence-corrected chi connectivity index (χ0v) is 12.7. The lowest BCUT2D eigenvalue weighted by molar-refractivity contribution is 0.0998. The second-order valence-electron chi connectivity index (χ2n) is 4.80. The molecule has 0 bridgehead atoms. The number of furan rings is 1. The summed E-state index contributed by atoms with van der Waals surface area (Å²) in [5.41, 5.74) is 2.10. The molecule has 3 aromatic rings. The van der Waals surface area contributed by atoms with E-state index in [9.17, 15) is 9.18 Å². The minimum atomic E-state index is -0.343. The predicted octanol–water partition coefficient (Wildman–Crippen LogP) is 4.69. The highest BCUT2D eigenvalue weighted by Crippen LogP contribution is 2.29. The van der Waals surface area contributed by atoms with Crippen molar-refractivity contribution in [3.63, 3.8) is 0 Å². The SMILES string of the molecule is CSCc1c(C(=O)Nc2ccc(F)cc2)oc2ccccc12.